The Balaban J connectivity index is 1.96. The highest BCUT2D eigenvalue weighted by Gasteiger charge is 2.44. The highest BCUT2D eigenvalue weighted by Crippen LogP contribution is 2.44. The second-order valence-electron chi connectivity index (χ2n) is 5.17. The summed E-state index contributed by atoms with van der Waals surface area (Å²) in [6, 6.07) is 5.47. The van der Waals surface area contributed by atoms with Crippen LogP contribution in [-0.2, 0) is 0 Å². The number of ether oxygens (including phenoxy) is 1. The smallest absolute Gasteiger partial charge is 0.126 e. The second-order valence-corrected chi connectivity index (χ2v) is 5.61. The Hall–Kier alpha value is -0.770. The van der Waals surface area contributed by atoms with Crippen LogP contribution in [0, 0.1) is 0 Å². The molecule has 2 aliphatic rings. The Labute approximate surface area is 106 Å². The topological polar surface area (TPSA) is 32.7 Å². The van der Waals surface area contributed by atoms with Gasteiger partial charge in [-0.2, -0.15) is 0 Å². The predicted molar refractivity (Wildman–Crippen MR) is 66.5 cm³/mol. The molecule has 0 aliphatic carbocycles. The summed E-state index contributed by atoms with van der Waals surface area (Å²) in [6.07, 6.45) is 1.16. The third-order valence-corrected chi connectivity index (χ3v) is 3.96. The molecule has 1 aromatic carbocycles. The van der Waals surface area contributed by atoms with E-state index in [9.17, 15) is 5.11 Å². The van der Waals surface area contributed by atoms with Gasteiger partial charge in [-0.05, 0) is 25.2 Å². The van der Waals surface area contributed by atoms with Crippen molar-refractivity contribution in [2.45, 2.75) is 24.5 Å². The van der Waals surface area contributed by atoms with Crippen molar-refractivity contribution in [3.05, 3.63) is 28.8 Å². The van der Waals surface area contributed by atoms with E-state index in [0.29, 0.717) is 11.4 Å². The number of rotatable bonds is 0. The highest BCUT2D eigenvalue weighted by atomic mass is 35.5. The van der Waals surface area contributed by atoms with Crippen LogP contribution in [-0.4, -0.2) is 35.7 Å². The van der Waals surface area contributed by atoms with Crippen molar-refractivity contribution in [1.29, 1.82) is 0 Å². The molecule has 92 valence electrons. The summed E-state index contributed by atoms with van der Waals surface area (Å²) in [4.78, 5) is 2.24. The van der Waals surface area contributed by atoms with E-state index in [-0.39, 0.29) is 5.60 Å². The van der Waals surface area contributed by atoms with Gasteiger partial charge in [0.2, 0.25) is 0 Å². The van der Waals surface area contributed by atoms with Crippen LogP contribution < -0.4 is 4.74 Å². The van der Waals surface area contributed by atoms with Crippen LogP contribution >= 0.6 is 11.6 Å². The van der Waals surface area contributed by atoms with Gasteiger partial charge in [0, 0.05) is 36.5 Å². The molecule has 3 nitrogen and oxygen atoms in total. The average Bonchev–Trinajstić information content (AvgIpc) is 2.61. The van der Waals surface area contributed by atoms with Crippen molar-refractivity contribution in [1.82, 2.24) is 4.90 Å². The number of aliphatic hydroxyl groups excluding tert-OH is 1. The first-order valence-corrected chi connectivity index (χ1v) is 6.31. The minimum Gasteiger partial charge on any atom is -0.485 e. The molecule has 4 heteroatoms. The van der Waals surface area contributed by atoms with Crippen LogP contribution in [0.15, 0.2) is 18.2 Å². The molecule has 1 aromatic rings. The van der Waals surface area contributed by atoms with Gasteiger partial charge >= 0.3 is 0 Å². The standard InChI is InChI=1S/C13H16ClNO2/c1-15-5-4-13(8-15)7-11(16)10-6-9(14)2-3-12(10)17-13/h2-3,6,11,16H,4-5,7-8H2,1H3/t11-,13?/m0/s1. The van der Waals surface area contributed by atoms with E-state index in [4.69, 9.17) is 16.3 Å². The number of nitrogens with zero attached hydrogens (tertiary/aromatic N) is 1. The van der Waals surface area contributed by atoms with E-state index in [1.54, 1.807) is 6.07 Å². The average molecular weight is 254 g/mol. The van der Waals surface area contributed by atoms with Gasteiger partial charge in [-0.25, -0.2) is 0 Å². The first kappa shape index (κ1) is 11.3. The molecule has 17 heavy (non-hydrogen) atoms. The summed E-state index contributed by atoms with van der Waals surface area (Å²) < 4.78 is 6.12. The fraction of sp³-hybridized carbons (Fsp3) is 0.538. The van der Waals surface area contributed by atoms with Crippen molar-refractivity contribution >= 4 is 11.6 Å². The van der Waals surface area contributed by atoms with Crippen molar-refractivity contribution < 1.29 is 9.84 Å². The number of halogens is 1. The predicted octanol–water partition coefficient (Wildman–Crippen LogP) is 2.23. The van der Waals surface area contributed by atoms with Gasteiger partial charge in [-0.15, -0.1) is 0 Å². The molecule has 1 unspecified atom stereocenters. The molecule has 2 heterocycles. The summed E-state index contributed by atoms with van der Waals surface area (Å²) in [5, 5.41) is 10.9. The third kappa shape index (κ3) is 1.92. The highest BCUT2D eigenvalue weighted by molar-refractivity contribution is 6.30. The number of hydrogen-bond donors (Lipinski definition) is 1. The molecule has 1 fully saturated rings. The van der Waals surface area contributed by atoms with Crippen molar-refractivity contribution in [3.8, 4) is 5.75 Å². The quantitative estimate of drug-likeness (QED) is 0.770. The SMILES string of the molecule is CN1CCC2(C[C@H](O)c3cc(Cl)ccc3O2)C1. The van der Waals surface area contributed by atoms with E-state index in [1.807, 2.05) is 12.1 Å². The lowest BCUT2D eigenvalue weighted by Gasteiger charge is -2.38. The summed E-state index contributed by atoms with van der Waals surface area (Å²) in [6.45, 7) is 1.90. The zero-order valence-electron chi connectivity index (χ0n) is 9.82. The molecule has 0 bridgehead atoms. The Bertz CT molecular complexity index is 451. The Kier molecular flexibility index (Phi) is 2.58. The van der Waals surface area contributed by atoms with Gasteiger partial charge in [0.15, 0.2) is 0 Å². The van der Waals surface area contributed by atoms with Crippen LogP contribution in [0.1, 0.15) is 24.5 Å². The van der Waals surface area contributed by atoms with Gasteiger partial charge in [-0.1, -0.05) is 11.6 Å². The second kappa shape index (κ2) is 3.87. The van der Waals surface area contributed by atoms with E-state index in [1.165, 1.54) is 0 Å². The van der Waals surface area contributed by atoms with E-state index in [2.05, 4.69) is 11.9 Å². The summed E-state index contributed by atoms with van der Waals surface area (Å²) in [5.41, 5.74) is 0.604. The summed E-state index contributed by atoms with van der Waals surface area (Å²) in [7, 11) is 2.09. The van der Waals surface area contributed by atoms with Gasteiger partial charge in [0.25, 0.3) is 0 Å². The number of fused-ring (bicyclic) bond motifs is 1. The molecule has 0 amide bonds. The molecule has 2 aliphatic heterocycles. The van der Waals surface area contributed by atoms with Crippen LogP contribution in [0.5, 0.6) is 5.75 Å². The van der Waals surface area contributed by atoms with Gasteiger partial charge in [0.05, 0.1) is 6.10 Å². The molecule has 1 N–H and O–H groups in total. The largest absolute Gasteiger partial charge is 0.485 e. The molecule has 3 rings (SSSR count). The summed E-state index contributed by atoms with van der Waals surface area (Å²) >= 11 is 5.94. The number of aliphatic hydroxyl groups is 1. The number of hydrogen-bond acceptors (Lipinski definition) is 3. The monoisotopic (exact) mass is 253 g/mol. The number of benzene rings is 1. The zero-order chi connectivity index (χ0) is 12.0. The maximum atomic E-state index is 10.2. The maximum absolute atomic E-state index is 10.2. The maximum Gasteiger partial charge on any atom is 0.126 e. The minimum atomic E-state index is -0.469. The molecular weight excluding hydrogens is 238 g/mol. The van der Waals surface area contributed by atoms with Crippen molar-refractivity contribution in [3.63, 3.8) is 0 Å². The zero-order valence-corrected chi connectivity index (χ0v) is 10.6. The fourth-order valence-electron chi connectivity index (χ4n) is 2.90. The molecule has 2 atom stereocenters. The molecular formula is C13H16ClNO2. The van der Waals surface area contributed by atoms with Crippen LogP contribution in [0.4, 0.5) is 0 Å². The molecule has 0 aromatic heterocycles. The van der Waals surface area contributed by atoms with Gasteiger partial charge < -0.3 is 14.7 Å². The van der Waals surface area contributed by atoms with Crippen LogP contribution in [0.3, 0.4) is 0 Å². The van der Waals surface area contributed by atoms with E-state index >= 15 is 0 Å². The molecule has 1 spiro atoms. The minimum absolute atomic E-state index is 0.213. The van der Waals surface area contributed by atoms with E-state index in [0.717, 1.165) is 30.8 Å². The first-order chi connectivity index (χ1) is 8.08. The Morgan fingerprint density at radius 2 is 2.35 bits per heavy atom. The van der Waals surface area contributed by atoms with Crippen LogP contribution in [0.25, 0.3) is 0 Å². The Morgan fingerprint density at radius 3 is 3.06 bits per heavy atom. The molecule has 0 saturated carbocycles. The number of likely N-dealkylation sites (N-methyl/N-ethyl adjacent to an activating group) is 1. The fourth-order valence-corrected chi connectivity index (χ4v) is 3.09. The first-order valence-electron chi connectivity index (χ1n) is 5.93. The van der Waals surface area contributed by atoms with Gasteiger partial charge in [0.1, 0.15) is 11.4 Å². The van der Waals surface area contributed by atoms with Crippen molar-refractivity contribution in [2.24, 2.45) is 0 Å². The Morgan fingerprint density at radius 1 is 1.53 bits per heavy atom. The summed E-state index contributed by atoms with van der Waals surface area (Å²) in [5.74, 6) is 0.781. The normalized spacial score (nSPS) is 32.5. The molecule has 0 radical (unpaired) electrons. The lowest BCUT2D eigenvalue weighted by molar-refractivity contribution is -0.00576. The number of likely N-dealkylation sites (tertiary alicyclic amines) is 1. The lowest BCUT2D eigenvalue weighted by Crippen LogP contribution is -2.43. The third-order valence-electron chi connectivity index (χ3n) is 3.73. The lowest BCUT2D eigenvalue weighted by atomic mass is 9.88. The van der Waals surface area contributed by atoms with E-state index < -0.39 is 6.10 Å². The van der Waals surface area contributed by atoms with Crippen LogP contribution in [0.2, 0.25) is 5.02 Å². The van der Waals surface area contributed by atoms with Gasteiger partial charge in [-0.3, -0.25) is 0 Å². The van der Waals surface area contributed by atoms with Crippen molar-refractivity contribution in [2.75, 3.05) is 20.1 Å². The molecule has 1 saturated heterocycles.